The van der Waals surface area contributed by atoms with E-state index in [0.29, 0.717) is 0 Å². The molecule has 1 atom stereocenters. The van der Waals surface area contributed by atoms with Gasteiger partial charge in [-0.3, -0.25) is 0 Å². The van der Waals surface area contributed by atoms with E-state index in [1.807, 2.05) is 0 Å². The first-order chi connectivity index (χ1) is 8.97. The van der Waals surface area contributed by atoms with E-state index in [4.69, 9.17) is 11.6 Å². The first-order valence-corrected chi connectivity index (χ1v) is 6.64. The van der Waals surface area contributed by atoms with Crippen LogP contribution in [0.25, 0.3) is 0 Å². The number of hydrogen-bond acceptors (Lipinski definition) is 1. The molecule has 0 spiro atoms. The number of anilines is 1. The van der Waals surface area contributed by atoms with Crippen LogP contribution in [0.15, 0.2) is 36.4 Å². The van der Waals surface area contributed by atoms with Crippen LogP contribution in [-0.2, 0) is 0 Å². The Bertz CT molecular complexity index is 595. The Hall–Kier alpha value is -1.54. The SMILES string of the molecule is Cc1ccc(C)c(C(C)Nc2ccc(F)c(Cl)c2)c1. The van der Waals surface area contributed by atoms with Crippen molar-refractivity contribution in [3.63, 3.8) is 0 Å². The summed E-state index contributed by atoms with van der Waals surface area (Å²) in [5.74, 6) is -0.397. The molecule has 0 fully saturated rings. The van der Waals surface area contributed by atoms with Crippen molar-refractivity contribution in [2.45, 2.75) is 26.8 Å². The molecule has 2 rings (SSSR count). The highest BCUT2D eigenvalue weighted by molar-refractivity contribution is 6.31. The monoisotopic (exact) mass is 277 g/mol. The quantitative estimate of drug-likeness (QED) is 0.806. The molecule has 2 aromatic rings. The predicted octanol–water partition coefficient (Wildman–Crippen LogP) is 5.27. The van der Waals surface area contributed by atoms with Gasteiger partial charge in [-0.05, 0) is 50.1 Å². The third-order valence-electron chi connectivity index (χ3n) is 3.20. The fraction of sp³-hybridized carbons (Fsp3) is 0.250. The van der Waals surface area contributed by atoms with Gasteiger partial charge in [0.25, 0.3) is 0 Å². The van der Waals surface area contributed by atoms with Crippen molar-refractivity contribution in [3.8, 4) is 0 Å². The van der Waals surface area contributed by atoms with Crippen LogP contribution < -0.4 is 5.32 Å². The Labute approximate surface area is 118 Å². The second-order valence-electron chi connectivity index (χ2n) is 4.85. The van der Waals surface area contributed by atoms with Gasteiger partial charge in [0, 0.05) is 11.7 Å². The van der Waals surface area contributed by atoms with Crippen molar-refractivity contribution in [1.29, 1.82) is 0 Å². The number of halogens is 2. The van der Waals surface area contributed by atoms with Crippen LogP contribution in [0.4, 0.5) is 10.1 Å². The van der Waals surface area contributed by atoms with E-state index in [1.54, 1.807) is 12.1 Å². The molecule has 0 amide bonds. The smallest absolute Gasteiger partial charge is 0.141 e. The molecule has 19 heavy (non-hydrogen) atoms. The first kappa shape index (κ1) is 13.9. The lowest BCUT2D eigenvalue weighted by Crippen LogP contribution is -2.08. The van der Waals surface area contributed by atoms with Crippen LogP contribution in [0, 0.1) is 19.7 Å². The highest BCUT2D eigenvalue weighted by Crippen LogP contribution is 2.25. The van der Waals surface area contributed by atoms with Crippen LogP contribution in [0.1, 0.15) is 29.7 Å². The summed E-state index contributed by atoms with van der Waals surface area (Å²) < 4.78 is 13.1. The van der Waals surface area contributed by atoms with Crippen molar-refractivity contribution < 1.29 is 4.39 Å². The van der Waals surface area contributed by atoms with Crippen molar-refractivity contribution in [3.05, 3.63) is 63.9 Å². The molecule has 0 saturated heterocycles. The maximum atomic E-state index is 13.1. The molecule has 1 nitrogen and oxygen atoms in total. The minimum Gasteiger partial charge on any atom is -0.378 e. The van der Waals surface area contributed by atoms with E-state index < -0.39 is 5.82 Å². The van der Waals surface area contributed by atoms with E-state index >= 15 is 0 Å². The van der Waals surface area contributed by atoms with Gasteiger partial charge < -0.3 is 5.32 Å². The molecule has 2 aromatic carbocycles. The fourth-order valence-electron chi connectivity index (χ4n) is 2.14. The van der Waals surface area contributed by atoms with E-state index in [2.05, 4.69) is 44.3 Å². The Kier molecular flexibility index (Phi) is 4.11. The van der Waals surface area contributed by atoms with Gasteiger partial charge in [-0.1, -0.05) is 35.4 Å². The zero-order chi connectivity index (χ0) is 14.0. The molecule has 0 aliphatic carbocycles. The lowest BCUT2D eigenvalue weighted by molar-refractivity contribution is 0.628. The van der Waals surface area contributed by atoms with E-state index in [9.17, 15) is 4.39 Å². The molecule has 0 aromatic heterocycles. The first-order valence-electron chi connectivity index (χ1n) is 6.26. The van der Waals surface area contributed by atoms with Crippen LogP contribution in [0.2, 0.25) is 5.02 Å². The van der Waals surface area contributed by atoms with Crippen molar-refractivity contribution in [2.24, 2.45) is 0 Å². The fourth-order valence-corrected chi connectivity index (χ4v) is 2.32. The number of rotatable bonds is 3. The zero-order valence-corrected chi connectivity index (χ0v) is 12.1. The summed E-state index contributed by atoms with van der Waals surface area (Å²) in [5.41, 5.74) is 4.52. The third kappa shape index (κ3) is 3.27. The number of aryl methyl sites for hydroxylation is 2. The topological polar surface area (TPSA) is 12.0 Å². The molecule has 0 saturated carbocycles. The van der Waals surface area contributed by atoms with Gasteiger partial charge in [-0.25, -0.2) is 4.39 Å². The number of benzene rings is 2. The van der Waals surface area contributed by atoms with Gasteiger partial charge in [0.05, 0.1) is 5.02 Å². The standard InChI is InChI=1S/C16H17ClFN/c1-10-4-5-11(2)14(8-10)12(3)19-13-6-7-16(18)15(17)9-13/h4-9,12,19H,1-3H3. The van der Waals surface area contributed by atoms with Crippen LogP contribution in [-0.4, -0.2) is 0 Å². The molecule has 0 aliphatic heterocycles. The van der Waals surface area contributed by atoms with Gasteiger partial charge in [-0.2, -0.15) is 0 Å². The lowest BCUT2D eigenvalue weighted by Gasteiger charge is -2.18. The molecule has 0 radical (unpaired) electrons. The Balaban J connectivity index is 2.22. The van der Waals surface area contributed by atoms with Crippen molar-refractivity contribution >= 4 is 17.3 Å². The van der Waals surface area contributed by atoms with Crippen LogP contribution >= 0.6 is 11.6 Å². The maximum Gasteiger partial charge on any atom is 0.141 e. The van der Waals surface area contributed by atoms with Gasteiger partial charge in [-0.15, -0.1) is 0 Å². The average Bonchev–Trinajstić information content (AvgIpc) is 2.36. The predicted molar refractivity (Wildman–Crippen MR) is 79.4 cm³/mol. The second kappa shape index (κ2) is 5.62. The minimum atomic E-state index is -0.397. The number of hydrogen-bond donors (Lipinski definition) is 1. The molecule has 0 bridgehead atoms. The number of nitrogens with one attached hydrogen (secondary N) is 1. The maximum absolute atomic E-state index is 13.1. The van der Waals surface area contributed by atoms with Crippen molar-refractivity contribution in [1.82, 2.24) is 0 Å². The Morgan fingerprint density at radius 2 is 1.84 bits per heavy atom. The van der Waals surface area contributed by atoms with Gasteiger partial charge in [0.15, 0.2) is 0 Å². The lowest BCUT2D eigenvalue weighted by atomic mass is 10.00. The van der Waals surface area contributed by atoms with Gasteiger partial charge in [0.2, 0.25) is 0 Å². The van der Waals surface area contributed by atoms with Gasteiger partial charge in [0.1, 0.15) is 5.82 Å². The summed E-state index contributed by atoms with van der Waals surface area (Å²) in [4.78, 5) is 0. The second-order valence-corrected chi connectivity index (χ2v) is 5.26. The highest BCUT2D eigenvalue weighted by atomic mass is 35.5. The summed E-state index contributed by atoms with van der Waals surface area (Å²) >= 11 is 5.78. The molecular weight excluding hydrogens is 261 g/mol. The van der Waals surface area contributed by atoms with Gasteiger partial charge >= 0.3 is 0 Å². The molecular formula is C16H17ClFN. The molecule has 0 heterocycles. The van der Waals surface area contributed by atoms with E-state index in [-0.39, 0.29) is 11.1 Å². The van der Waals surface area contributed by atoms with Crippen LogP contribution in [0.3, 0.4) is 0 Å². The summed E-state index contributed by atoms with van der Waals surface area (Å²) in [6, 6.07) is 11.2. The summed E-state index contributed by atoms with van der Waals surface area (Å²) in [6.45, 7) is 6.24. The largest absolute Gasteiger partial charge is 0.378 e. The minimum absolute atomic E-state index is 0.137. The summed E-state index contributed by atoms with van der Waals surface area (Å²) in [5, 5.41) is 3.48. The molecule has 0 aliphatic rings. The van der Waals surface area contributed by atoms with Crippen LogP contribution in [0.5, 0.6) is 0 Å². The average molecular weight is 278 g/mol. The molecule has 1 unspecified atom stereocenters. The van der Waals surface area contributed by atoms with Crippen molar-refractivity contribution in [2.75, 3.05) is 5.32 Å². The summed E-state index contributed by atoms with van der Waals surface area (Å²) in [6.07, 6.45) is 0. The van der Waals surface area contributed by atoms with E-state index in [1.165, 1.54) is 22.8 Å². The molecule has 1 N–H and O–H groups in total. The molecule has 100 valence electrons. The zero-order valence-electron chi connectivity index (χ0n) is 11.3. The Morgan fingerprint density at radius 1 is 1.11 bits per heavy atom. The summed E-state index contributed by atoms with van der Waals surface area (Å²) in [7, 11) is 0. The van der Waals surface area contributed by atoms with E-state index in [0.717, 1.165) is 5.69 Å². The normalized spacial score (nSPS) is 12.3. The third-order valence-corrected chi connectivity index (χ3v) is 3.49. The molecule has 3 heteroatoms. The Morgan fingerprint density at radius 3 is 2.53 bits per heavy atom. The highest BCUT2D eigenvalue weighted by Gasteiger charge is 2.09.